The van der Waals surface area contributed by atoms with Gasteiger partial charge in [0.05, 0.1) is 11.4 Å². The van der Waals surface area contributed by atoms with Gasteiger partial charge in [0.25, 0.3) is 0 Å². The molecule has 43 heavy (non-hydrogen) atoms. The van der Waals surface area contributed by atoms with Crippen molar-refractivity contribution in [3.05, 3.63) is 138 Å². The Hall–Kier alpha value is -4.10. The lowest BCUT2D eigenvalue weighted by molar-refractivity contribution is 0.125. The lowest BCUT2D eigenvalue weighted by Gasteiger charge is -2.44. The average Bonchev–Trinajstić information content (AvgIpc) is 3.11. The molecule has 2 aliphatic rings. The van der Waals surface area contributed by atoms with Crippen LogP contribution in [0.2, 0.25) is 0 Å². The van der Waals surface area contributed by atoms with Crippen LogP contribution in [0.3, 0.4) is 0 Å². The standard InChI is InChI=1S/C42H43N/c1-39(2)35-25-31(29-17-13-10-14-18-29)21-24-37(35)43(32-22-19-30(20-23-32)28-15-11-9-12-16-28)38-27-34-33(26-36(38)39)40(3,4)42(7,8)41(34,5)6/h9-27H,1-8H3. The van der Waals surface area contributed by atoms with E-state index in [0.29, 0.717) is 0 Å². The number of rotatable bonds is 3. The molecule has 1 aliphatic heterocycles. The first kappa shape index (κ1) is 27.7. The summed E-state index contributed by atoms with van der Waals surface area (Å²) in [5.41, 5.74) is 14.5. The highest BCUT2D eigenvalue weighted by Crippen LogP contribution is 2.64. The highest BCUT2D eigenvalue weighted by molar-refractivity contribution is 5.89. The maximum absolute atomic E-state index is 2.57. The second kappa shape index (κ2) is 9.20. The smallest absolute Gasteiger partial charge is 0.0505 e. The normalized spacial score (nSPS) is 18.5. The molecule has 0 bridgehead atoms. The van der Waals surface area contributed by atoms with Crippen LogP contribution < -0.4 is 4.90 Å². The minimum atomic E-state index is -0.169. The van der Waals surface area contributed by atoms with Crippen molar-refractivity contribution < 1.29 is 0 Å². The van der Waals surface area contributed by atoms with Gasteiger partial charge < -0.3 is 4.90 Å². The van der Waals surface area contributed by atoms with Crippen LogP contribution in [0, 0.1) is 5.41 Å². The largest absolute Gasteiger partial charge is 0.310 e. The molecule has 1 heterocycles. The highest BCUT2D eigenvalue weighted by atomic mass is 15.2. The summed E-state index contributed by atoms with van der Waals surface area (Å²) in [6, 6.07) is 42.8. The van der Waals surface area contributed by atoms with E-state index in [0.717, 1.165) is 0 Å². The summed E-state index contributed by atoms with van der Waals surface area (Å²) < 4.78 is 0. The number of fused-ring (bicyclic) bond motifs is 3. The van der Waals surface area contributed by atoms with E-state index in [4.69, 9.17) is 0 Å². The Morgan fingerprint density at radius 3 is 1.44 bits per heavy atom. The van der Waals surface area contributed by atoms with Crippen molar-refractivity contribution in [2.75, 3.05) is 4.90 Å². The maximum atomic E-state index is 2.57. The third-order valence-electron chi connectivity index (χ3n) is 11.8. The summed E-state index contributed by atoms with van der Waals surface area (Å²) in [4.78, 5) is 2.52. The zero-order chi connectivity index (χ0) is 30.4. The molecule has 0 atom stereocenters. The number of hydrogen-bond donors (Lipinski definition) is 0. The first-order valence-electron chi connectivity index (χ1n) is 15.7. The lowest BCUT2D eigenvalue weighted by atomic mass is 9.59. The molecule has 0 spiro atoms. The fourth-order valence-electron chi connectivity index (χ4n) is 7.79. The second-order valence-electron chi connectivity index (χ2n) is 14.8. The molecule has 0 radical (unpaired) electrons. The molecule has 0 amide bonds. The zero-order valence-electron chi connectivity index (χ0n) is 26.9. The van der Waals surface area contributed by atoms with Crippen molar-refractivity contribution in [2.45, 2.75) is 71.6 Å². The van der Waals surface area contributed by atoms with Crippen LogP contribution in [-0.4, -0.2) is 0 Å². The fourth-order valence-corrected chi connectivity index (χ4v) is 7.79. The van der Waals surface area contributed by atoms with Crippen molar-refractivity contribution in [1.82, 2.24) is 0 Å². The van der Waals surface area contributed by atoms with Crippen LogP contribution in [-0.2, 0) is 16.2 Å². The molecule has 216 valence electrons. The van der Waals surface area contributed by atoms with Crippen LogP contribution >= 0.6 is 0 Å². The number of nitrogens with zero attached hydrogens (tertiary/aromatic N) is 1. The molecule has 7 rings (SSSR count). The molecule has 0 unspecified atom stereocenters. The van der Waals surface area contributed by atoms with Gasteiger partial charge in [-0.2, -0.15) is 0 Å². The predicted molar refractivity (Wildman–Crippen MR) is 184 cm³/mol. The van der Waals surface area contributed by atoms with Gasteiger partial charge in [0.2, 0.25) is 0 Å². The molecule has 0 fully saturated rings. The van der Waals surface area contributed by atoms with E-state index in [2.05, 4.69) is 176 Å². The third kappa shape index (κ3) is 3.83. The van der Waals surface area contributed by atoms with E-state index in [1.165, 1.54) is 61.6 Å². The van der Waals surface area contributed by atoms with Crippen LogP contribution in [0.1, 0.15) is 77.6 Å². The van der Waals surface area contributed by atoms with Gasteiger partial charge in [-0.1, -0.05) is 140 Å². The van der Waals surface area contributed by atoms with Crippen LogP contribution in [0.25, 0.3) is 22.3 Å². The summed E-state index contributed by atoms with van der Waals surface area (Å²) >= 11 is 0. The van der Waals surface area contributed by atoms with Crippen LogP contribution in [0.15, 0.2) is 115 Å². The monoisotopic (exact) mass is 561 g/mol. The molecule has 1 heteroatoms. The van der Waals surface area contributed by atoms with Gasteiger partial charge in [-0.25, -0.2) is 0 Å². The highest BCUT2D eigenvalue weighted by Gasteiger charge is 2.57. The molecular formula is C42H43N. The van der Waals surface area contributed by atoms with Crippen LogP contribution in [0.5, 0.6) is 0 Å². The maximum Gasteiger partial charge on any atom is 0.0505 e. The molecular weight excluding hydrogens is 518 g/mol. The molecule has 1 nitrogen and oxygen atoms in total. The Labute approximate surface area is 258 Å². The van der Waals surface area contributed by atoms with Gasteiger partial charge in [0.15, 0.2) is 0 Å². The molecule has 0 N–H and O–H groups in total. The van der Waals surface area contributed by atoms with Crippen molar-refractivity contribution >= 4 is 17.1 Å². The zero-order valence-corrected chi connectivity index (χ0v) is 26.9. The number of benzene rings is 5. The Balaban J connectivity index is 1.48. The predicted octanol–water partition coefficient (Wildman–Crippen LogP) is 11.7. The molecule has 5 aromatic carbocycles. The molecule has 0 aromatic heterocycles. The van der Waals surface area contributed by atoms with E-state index in [1.54, 1.807) is 0 Å². The van der Waals surface area contributed by atoms with E-state index < -0.39 is 0 Å². The third-order valence-corrected chi connectivity index (χ3v) is 11.8. The Kier molecular flexibility index (Phi) is 5.93. The van der Waals surface area contributed by atoms with Gasteiger partial charge in [-0.05, 0) is 91.1 Å². The quantitative estimate of drug-likeness (QED) is 0.212. The van der Waals surface area contributed by atoms with E-state index in [9.17, 15) is 0 Å². The number of anilines is 3. The summed E-state index contributed by atoms with van der Waals surface area (Å²) in [6.07, 6.45) is 0. The average molecular weight is 562 g/mol. The van der Waals surface area contributed by atoms with Crippen molar-refractivity contribution in [3.8, 4) is 22.3 Å². The Bertz CT molecular complexity index is 1840. The summed E-state index contributed by atoms with van der Waals surface area (Å²) in [5, 5.41) is 0. The van der Waals surface area contributed by atoms with Gasteiger partial charge in [-0.15, -0.1) is 0 Å². The van der Waals surface area contributed by atoms with Gasteiger partial charge in [0, 0.05) is 11.1 Å². The Morgan fingerprint density at radius 1 is 0.395 bits per heavy atom. The van der Waals surface area contributed by atoms with Gasteiger partial charge in [0.1, 0.15) is 0 Å². The van der Waals surface area contributed by atoms with Crippen molar-refractivity contribution in [3.63, 3.8) is 0 Å². The number of hydrogen-bond acceptors (Lipinski definition) is 1. The summed E-state index contributed by atoms with van der Waals surface area (Å²) in [7, 11) is 0. The summed E-state index contributed by atoms with van der Waals surface area (Å²) in [6.45, 7) is 19.5. The van der Waals surface area contributed by atoms with Crippen LogP contribution in [0.4, 0.5) is 17.1 Å². The van der Waals surface area contributed by atoms with Crippen molar-refractivity contribution in [2.24, 2.45) is 5.41 Å². The second-order valence-corrected chi connectivity index (χ2v) is 14.8. The van der Waals surface area contributed by atoms with Crippen molar-refractivity contribution in [1.29, 1.82) is 0 Å². The van der Waals surface area contributed by atoms with E-state index in [1.807, 2.05) is 0 Å². The molecule has 0 saturated heterocycles. The minimum absolute atomic E-state index is 0.0330. The minimum Gasteiger partial charge on any atom is -0.310 e. The topological polar surface area (TPSA) is 3.24 Å². The molecule has 1 aliphatic carbocycles. The van der Waals surface area contributed by atoms with E-state index in [-0.39, 0.29) is 21.7 Å². The molecule has 0 saturated carbocycles. The van der Waals surface area contributed by atoms with E-state index >= 15 is 0 Å². The Morgan fingerprint density at radius 2 is 0.860 bits per heavy atom. The lowest BCUT2D eigenvalue weighted by Crippen LogP contribution is -2.42. The first-order chi connectivity index (χ1) is 20.4. The fraction of sp³-hybridized carbons (Fsp3) is 0.286. The summed E-state index contributed by atoms with van der Waals surface area (Å²) in [5.74, 6) is 0. The van der Waals surface area contributed by atoms with Gasteiger partial charge >= 0.3 is 0 Å². The first-order valence-corrected chi connectivity index (χ1v) is 15.7. The van der Waals surface area contributed by atoms with Gasteiger partial charge in [-0.3, -0.25) is 0 Å². The SMILES string of the molecule is CC1(C)c2cc(-c3ccccc3)ccc2N(c2ccc(-c3ccccc3)cc2)c2cc3c(cc21)C(C)(C)C(C)(C)C3(C)C. The molecule has 5 aromatic rings.